The Hall–Kier alpha value is -3.62. The van der Waals surface area contributed by atoms with E-state index < -0.39 is 36.2 Å². The highest BCUT2D eigenvalue weighted by molar-refractivity contribution is 6.35. The minimum atomic E-state index is -1.13. The highest BCUT2D eigenvalue weighted by Crippen LogP contribution is 2.34. The molecule has 7 nitrogen and oxygen atoms in total. The maximum absolute atomic E-state index is 13.2. The van der Waals surface area contributed by atoms with Gasteiger partial charge in [-0.2, -0.15) is 0 Å². The molecule has 0 fully saturated rings. The second-order valence-corrected chi connectivity index (χ2v) is 8.25. The molecule has 0 radical (unpaired) electrons. The van der Waals surface area contributed by atoms with Crippen molar-refractivity contribution in [2.45, 2.75) is 12.5 Å². The van der Waals surface area contributed by atoms with Crippen LogP contribution in [0.25, 0.3) is 0 Å². The first kappa shape index (κ1) is 23.5. The van der Waals surface area contributed by atoms with Crippen molar-refractivity contribution in [2.75, 3.05) is 22.1 Å². The molecular formula is C24H18Cl2FN3O4. The third-order valence-electron chi connectivity index (χ3n) is 5.06. The SMILES string of the molecule is O=C(C[C@@H]1C(=O)Nc2ccccc2N1C(=O)COc1ccc(Cl)cc1Cl)Nc1ccc(F)cc1. The highest BCUT2D eigenvalue weighted by atomic mass is 35.5. The molecule has 0 bridgehead atoms. The van der Waals surface area contributed by atoms with Gasteiger partial charge in [0.15, 0.2) is 6.61 Å². The number of halogens is 3. The van der Waals surface area contributed by atoms with Gasteiger partial charge in [-0.3, -0.25) is 19.3 Å². The van der Waals surface area contributed by atoms with E-state index >= 15 is 0 Å². The summed E-state index contributed by atoms with van der Waals surface area (Å²) in [5, 5.41) is 5.97. The first-order valence-corrected chi connectivity index (χ1v) is 10.9. The van der Waals surface area contributed by atoms with Crippen molar-refractivity contribution in [1.82, 2.24) is 0 Å². The van der Waals surface area contributed by atoms with Crippen LogP contribution in [0.4, 0.5) is 21.5 Å². The van der Waals surface area contributed by atoms with Gasteiger partial charge in [0.1, 0.15) is 17.6 Å². The molecule has 4 rings (SSSR count). The molecule has 1 aliphatic heterocycles. The van der Waals surface area contributed by atoms with E-state index in [-0.39, 0.29) is 17.2 Å². The number of rotatable bonds is 6. The smallest absolute Gasteiger partial charge is 0.265 e. The van der Waals surface area contributed by atoms with Gasteiger partial charge in [0.25, 0.3) is 5.91 Å². The lowest BCUT2D eigenvalue weighted by Gasteiger charge is -2.36. The second-order valence-electron chi connectivity index (χ2n) is 7.41. The average Bonchev–Trinajstić information content (AvgIpc) is 2.80. The summed E-state index contributed by atoms with van der Waals surface area (Å²) in [5.74, 6) is -1.79. The van der Waals surface area contributed by atoms with Crippen LogP contribution in [-0.4, -0.2) is 30.4 Å². The Balaban J connectivity index is 1.55. The summed E-state index contributed by atoms with van der Waals surface area (Å²) in [6.07, 6.45) is -0.328. The zero-order valence-corrected chi connectivity index (χ0v) is 19.1. The van der Waals surface area contributed by atoms with Crippen LogP contribution in [0.2, 0.25) is 10.0 Å². The molecule has 10 heteroatoms. The molecule has 3 aromatic carbocycles. The van der Waals surface area contributed by atoms with E-state index in [4.69, 9.17) is 27.9 Å². The molecule has 1 heterocycles. The summed E-state index contributed by atoms with van der Waals surface area (Å²) in [7, 11) is 0. The first-order valence-electron chi connectivity index (χ1n) is 10.2. The van der Waals surface area contributed by atoms with Crippen molar-refractivity contribution in [2.24, 2.45) is 0 Å². The quantitative estimate of drug-likeness (QED) is 0.503. The van der Waals surface area contributed by atoms with Gasteiger partial charge in [0, 0.05) is 10.7 Å². The van der Waals surface area contributed by atoms with E-state index in [1.807, 2.05) is 0 Å². The summed E-state index contributed by atoms with van der Waals surface area (Å²) in [6, 6.07) is 15.4. The van der Waals surface area contributed by atoms with Gasteiger partial charge in [0.05, 0.1) is 22.8 Å². The Kier molecular flexibility index (Phi) is 7.00. The molecule has 0 saturated heterocycles. The lowest BCUT2D eigenvalue weighted by Crippen LogP contribution is -2.53. The molecule has 34 heavy (non-hydrogen) atoms. The molecular weight excluding hydrogens is 484 g/mol. The summed E-state index contributed by atoms with van der Waals surface area (Å²) in [4.78, 5) is 40.0. The summed E-state index contributed by atoms with van der Waals surface area (Å²) in [6.45, 7) is -0.432. The van der Waals surface area contributed by atoms with Gasteiger partial charge in [-0.25, -0.2) is 4.39 Å². The minimum absolute atomic E-state index is 0.229. The van der Waals surface area contributed by atoms with Crippen molar-refractivity contribution < 1.29 is 23.5 Å². The molecule has 0 aromatic heterocycles. The zero-order valence-electron chi connectivity index (χ0n) is 17.6. The first-order chi connectivity index (χ1) is 16.3. The Bertz CT molecular complexity index is 1250. The van der Waals surface area contributed by atoms with E-state index in [0.717, 1.165) is 0 Å². The molecule has 2 N–H and O–H groups in total. The van der Waals surface area contributed by atoms with Crippen LogP contribution < -0.4 is 20.3 Å². The van der Waals surface area contributed by atoms with Gasteiger partial charge < -0.3 is 15.4 Å². The normalized spacial score (nSPS) is 14.7. The molecule has 0 saturated carbocycles. The van der Waals surface area contributed by atoms with Gasteiger partial charge in [-0.05, 0) is 54.6 Å². The number of para-hydroxylation sites is 2. The van der Waals surface area contributed by atoms with Gasteiger partial charge in [0.2, 0.25) is 11.8 Å². The van der Waals surface area contributed by atoms with Crippen LogP contribution >= 0.6 is 23.2 Å². The number of benzene rings is 3. The molecule has 3 aromatic rings. The van der Waals surface area contributed by atoms with E-state index in [0.29, 0.717) is 22.1 Å². The largest absolute Gasteiger partial charge is 0.482 e. The molecule has 0 unspecified atom stereocenters. The Labute approximate surface area is 204 Å². The third-order valence-corrected chi connectivity index (χ3v) is 5.59. The third kappa shape index (κ3) is 5.30. The van der Waals surface area contributed by atoms with Crippen molar-refractivity contribution in [3.8, 4) is 5.75 Å². The van der Waals surface area contributed by atoms with Gasteiger partial charge in [-0.1, -0.05) is 35.3 Å². The maximum atomic E-state index is 13.2. The van der Waals surface area contributed by atoms with Crippen molar-refractivity contribution in [3.05, 3.63) is 82.6 Å². The zero-order chi connectivity index (χ0) is 24.2. The number of nitrogens with zero attached hydrogens (tertiary/aromatic N) is 1. The Morgan fingerprint density at radius 2 is 1.79 bits per heavy atom. The van der Waals surface area contributed by atoms with Gasteiger partial charge >= 0.3 is 0 Å². The molecule has 0 aliphatic carbocycles. The van der Waals surface area contributed by atoms with Crippen LogP contribution in [0.3, 0.4) is 0 Å². The minimum Gasteiger partial charge on any atom is -0.482 e. The van der Waals surface area contributed by atoms with Crippen molar-refractivity contribution in [1.29, 1.82) is 0 Å². The van der Waals surface area contributed by atoms with E-state index in [2.05, 4.69) is 10.6 Å². The lowest BCUT2D eigenvalue weighted by atomic mass is 10.0. The number of fused-ring (bicyclic) bond motifs is 1. The highest BCUT2D eigenvalue weighted by Gasteiger charge is 2.38. The molecule has 1 atom stereocenters. The number of carbonyl (C=O) groups is 3. The van der Waals surface area contributed by atoms with Crippen molar-refractivity contribution in [3.63, 3.8) is 0 Å². The monoisotopic (exact) mass is 501 g/mol. The standard InChI is InChI=1S/C24H18Cl2FN3O4/c25-14-5-10-21(17(26)11-14)34-13-23(32)30-19-4-2-1-3-18(19)29-24(33)20(30)12-22(31)28-16-8-6-15(27)7-9-16/h1-11,20H,12-13H2,(H,28,31)(H,29,33)/t20-/m1/s1. The van der Waals surface area contributed by atoms with E-state index in [9.17, 15) is 18.8 Å². The van der Waals surface area contributed by atoms with Crippen LogP contribution in [0.5, 0.6) is 5.75 Å². The van der Waals surface area contributed by atoms with E-state index in [1.165, 1.54) is 41.3 Å². The molecule has 1 aliphatic rings. The number of ether oxygens (including phenoxy) is 1. The number of hydrogen-bond acceptors (Lipinski definition) is 4. The lowest BCUT2D eigenvalue weighted by molar-refractivity contribution is -0.127. The van der Waals surface area contributed by atoms with Crippen LogP contribution in [0.1, 0.15) is 6.42 Å². The molecule has 0 spiro atoms. The summed E-state index contributed by atoms with van der Waals surface area (Å²) >= 11 is 12.0. The average molecular weight is 502 g/mol. The van der Waals surface area contributed by atoms with E-state index in [1.54, 1.807) is 30.3 Å². The predicted octanol–water partition coefficient (Wildman–Crippen LogP) is 4.89. The molecule has 174 valence electrons. The predicted molar refractivity (Wildman–Crippen MR) is 128 cm³/mol. The Morgan fingerprint density at radius 3 is 2.53 bits per heavy atom. The Morgan fingerprint density at radius 1 is 1.06 bits per heavy atom. The maximum Gasteiger partial charge on any atom is 0.265 e. The summed E-state index contributed by atoms with van der Waals surface area (Å²) < 4.78 is 18.7. The van der Waals surface area contributed by atoms with Crippen molar-refractivity contribution >= 4 is 58.0 Å². The number of carbonyl (C=O) groups excluding carboxylic acids is 3. The fourth-order valence-electron chi connectivity index (χ4n) is 3.50. The molecule has 3 amide bonds. The number of amides is 3. The topological polar surface area (TPSA) is 87.7 Å². The fraction of sp³-hybridized carbons (Fsp3) is 0.125. The van der Waals surface area contributed by atoms with Crippen LogP contribution in [0.15, 0.2) is 66.7 Å². The fourth-order valence-corrected chi connectivity index (χ4v) is 3.97. The summed E-state index contributed by atoms with van der Waals surface area (Å²) in [5.41, 5.74) is 1.22. The number of hydrogen-bond donors (Lipinski definition) is 2. The number of nitrogens with one attached hydrogen (secondary N) is 2. The van der Waals surface area contributed by atoms with Crippen LogP contribution in [0, 0.1) is 5.82 Å². The number of anilines is 3. The van der Waals surface area contributed by atoms with Gasteiger partial charge in [-0.15, -0.1) is 0 Å². The second kappa shape index (κ2) is 10.1. The van der Waals surface area contributed by atoms with Crippen LogP contribution in [-0.2, 0) is 14.4 Å².